The standard InChI is InChI=1S/C14H20N2S/c1-9(2)7-11(4)15-14-16-12-6-5-10(3)8-13(12)17-14/h5-6,8-9,11H,7H2,1-4H3,(H,15,16). The molecular formula is C14H20N2S. The molecule has 2 nitrogen and oxygen atoms in total. The van der Waals surface area contributed by atoms with Crippen molar-refractivity contribution in [1.82, 2.24) is 4.98 Å². The van der Waals surface area contributed by atoms with Gasteiger partial charge in [0, 0.05) is 6.04 Å². The van der Waals surface area contributed by atoms with E-state index in [1.165, 1.54) is 16.7 Å². The molecule has 0 radical (unpaired) electrons. The molecule has 0 aliphatic heterocycles. The maximum Gasteiger partial charge on any atom is 0.183 e. The van der Waals surface area contributed by atoms with E-state index in [9.17, 15) is 0 Å². The summed E-state index contributed by atoms with van der Waals surface area (Å²) in [5.74, 6) is 0.717. The molecule has 2 rings (SSSR count). The molecule has 1 unspecified atom stereocenters. The molecular weight excluding hydrogens is 228 g/mol. The van der Waals surface area contributed by atoms with Crippen molar-refractivity contribution in [1.29, 1.82) is 0 Å². The maximum absolute atomic E-state index is 4.61. The Balaban J connectivity index is 2.14. The summed E-state index contributed by atoms with van der Waals surface area (Å²) in [6.07, 6.45) is 1.18. The van der Waals surface area contributed by atoms with Crippen molar-refractivity contribution < 1.29 is 0 Å². The van der Waals surface area contributed by atoms with Crippen LogP contribution in [0.4, 0.5) is 5.13 Å². The number of fused-ring (bicyclic) bond motifs is 1. The van der Waals surface area contributed by atoms with E-state index in [-0.39, 0.29) is 0 Å². The van der Waals surface area contributed by atoms with Crippen molar-refractivity contribution >= 4 is 26.7 Å². The molecule has 0 bridgehead atoms. The van der Waals surface area contributed by atoms with E-state index >= 15 is 0 Å². The Morgan fingerprint density at radius 3 is 2.76 bits per heavy atom. The number of nitrogens with one attached hydrogen (secondary N) is 1. The largest absolute Gasteiger partial charge is 0.359 e. The predicted molar refractivity (Wildman–Crippen MR) is 76.9 cm³/mol. The van der Waals surface area contributed by atoms with Crippen LogP contribution in [0.1, 0.15) is 32.8 Å². The lowest BCUT2D eigenvalue weighted by molar-refractivity contribution is 0.539. The summed E-state index contributed by atoms with van der Waals surface area (Å²) in [5, 5.41) is 4.53. The van der Waals surface area contributed by atoms with Crippen molar-refractivity contribution in [2.45, 2.75) is 40.2 Å². The van der Waals surface area contributed by atoms with Gasteiger partial charge in [-0.05, 0) is 43.9 Å². The summed E-state index contributed by atoms with van der Waals surface area (Å²) in [4.78, 5) is 4.61. The molecule has 0 aliphatic rings. The second kappa shape index (κ2) is 5.05. The summed E-state index contributed by atoms with van der Waals surface area (Å²) >= 11 is 1.74. The van der Waals surface area contributed by atoms with E-state index in [2.05, 4.69) is 56.2 Å². The van der Waals surface area contributed by atoms with Gasteiger partial charge in [-0.15, -0.1) is 0 Å². The van der Waals surface area contributed by atoms with Gasteiger partial charge in [0.15, 0.2) is 5.13 Å². The number of aryl methyl sites for hydroxylation is 1. The predicted octanol–water partition coefficient (Wildman–Crippen LogP) is 4.45. The third-order valence-corrected chi connectivity index (χ3v) is 3.69. The van der Waals surface area contributed by atoms with Gasteiger partial charge in [-0.2, -0.15) is 0 Å². The molecule has 0 aliphatic carbocycles. The highest BCUT2D eigenvalue weighted by Crippen LogP contribution is 2.27. The number of benzene rings is 1. The van der Waals surface area contributed by atoms with Gasteiger partial charge in [0.2, 0.25) is 0 Å². The van der Waals surface area contributed by atoms with Crippen LogP contribution in [0, 0.1) is 12.8 Å². The van der Waals surface area contributed by atoms with Crippen LogP contribution in [0.15, 0.2) is 18.2 Å². The zero-order chi connectivity index (χ0) is 12.4. The highest BCUT2D eigenvalue weighted by molar-refractivity contribution is 7.22. The first-order valence-electron chi connectivity index (χ1n) is 6.18. The van der Waals surface area contributed by atoms with Crippen LogP contribution >= 0.6 is 11.3 Å². The minimum Gasteiger partial charge on any atom is -0.359 e. The van der Waals surface area contributed by atoms with Gasteiger partial charge in [0.1, 0.15) is 0 Å². The average Bonchev–Trinajstić information content (AvgIpc) is 2.57. The normalized spacial score (nSPS) is 13.2. The Hall–Kier alpha value is -1.09. The first-order valence-corrected chi connectivity index (χ1v) is 7.00. The van der Waals surface area contributed by atoms with E-state index < -0.39 is 0 Å². The van der Waals surface area contributed by atoms with E-state index in [4.69, 9.17) is 0 Å². The number of thiazole rings is 1. The summed E-state index contributed by atoms with van der Waals surface area (Å²) in [7, 11) is 0. The van der Waals surface area contributed by atoms with Gasteiger partial charge in [-0.3, -0.25) is 0 Å². The van der Waals surface area contributed by atoms with Crippen LogP contribution in [-0.4, -0.2) is 11.0 Å². The zero-order valence-corrected chi connectivity index (χ0v) is 11.8. The number of hydrogen-bond acceptors (Lipinski definition) is 3. The second-order valence-corrected chi connectivity index (χ2v) is 6.20. The van der Waals surface area contributed by atoms with Gasteiger partial charge in [-0.25, -0.2) is 4.98 Å². The van der Waals surface area contributed by atoms with Crippen molar-refractivity contribution in [3.8, 4) is 0 Å². The monoisotopic (exact) mass is 248 g/mol. The van der Waals surface area contributed by atoms with Crippen LogP contribution in [0.2, 0.25) is 0 Å². The fraction of sp³-hybridized carbons (Fsp3) is 0.500. The SMILES string of the molecule is Cc1ccc2nc(NC(C)CC(C)C)sc2c1. The summed E-state index contributed by atoms with van der Waals surface area (Å²) in [6.45, 7) is 8.84. The Morgan fingerprint density at radius 2 is 2.06 bits per heavy atom. The number of aromatic nitrogens is 1. The van der Waals surface area contributed by atoms with Crippen molar-refractivity contribution in [2.75, 3.05) is 5.32 Å². The molecule has 0 saturated heterocycles. The van der Waals surface area contributed by atoms with Gasteiger partial charge >= 0.3 is 0 Å². The topological polar surface area (TPSA) is 24.9 Å². The minimum atomic E-state index is 0.483. The zero-order valence-electron chi connectivity index (χ0n) is 10.9. The molecule has 2 aromatic rings. The highest BCUT2D eigenvalue weighted by atomic mass is 32.1. The first kappa shape index (κ1) is 12.4. The number of nitrogens with zero attached hydrogens (tertiary/aromatic N) is 1. The lowest BCUT2D eigenvalue weighted by Gasteiger charge is -2.14. The van der Waals surface area contributed by atoms with Crippen molar-refractivity contribution in [2.24, 2.45) is 5.92 Å². The third-order valence-electron chi connectivity index (χ3n) is 2.74. The van der Waals surface area contributed by atoms with Gasteiger partial charge in [0.25, 0.3) is 0 Å². The lowest BCUT2D eigenvalue weighted by atomic mass is 10.1. The molecule has 0 fully saturated rings. The number of hydrogen-bond donors (Lipinski definition) is 1. The van der Waals surface area contributed by atoms with Crippen LogP contribution in [-0.2, 0) is 0 Å². The maximum atomic E-state index is 4.61. The molecule has 0 saturated carbocycles. The Morgan fingerprint density at radius 1 is 1.29 bits per heavy atom. The van der Waals surface area contributed by atoms with Crippen LogP contribution in [0.25, 0.3) is 10.2 Å². The van der Waals surface area contributed by atoms with Crippen LogP contribution in [0.3, 0.4) is 0 Å². The van der Waals surface area contributed by atoms with Crippen molar-refractivity contribution in [3.63, 3.8) is 0 Å². The van der Waals surface area contributed by atoms with Crippen molar-refractivity contribution in [3.05, 3.63) is 23.8 Å². The average molecular weight is 248 g/mol. The quantitative estimate of drug-likeness (QED) is 0.864. The molecule has 17 heavy (non-hydrogen) atoms. The van der Waals surface area contributed by atoms with E-state index in [0.29, 0.717) is 12.0 Å². The molecule has 92 valence electrons. The van der Waals surface area contributed by atoms with Gasteiger partial charge < -0.3 is 5.32 Å². The Labute approximate surface area is 107 Å². The minimum absolute atomic E-state index is 0.483. The molecule has 1 atom stereocenters. The van der Waals surface area contributed by atoms with E-state index in [0.717, 1.165) is 10.6 Å². The summed E-state index contributed by atoms with van der Waals surface area (Å²) in [5.41, 5.74) is 2.39. The highest BCUT2D eigenvalue weighted by Gasteiger charge is 2.08. The molecule has 0 amide bonds. The molecule has 0 spiro atoms. The molecule has 3 heteroatoms. The Bertz CT molecular complexity index is 502. The van der Waals surface area contributed by atoms with E-state index in [1.807, 2.05) is 0 Å². The number of anilines is 1. The molecule has 1 aromatic heterocycles. The lowest BCUT2D eigenvalue weighted by Crippen LogP contribution is -2.17. The van der Waals surface area contributed by atoms with Crippen LogP contribution < -0.4 is 5.32 Å². The van der Waals surface area contributed by atoms with E-state index in [1.54, 1.807) is 11.3 Å². The van der Waals surface area contributed by atoms with Crippen LogP contribution in [0.5, 0.6) is 0 Å². The smallest absolute Gasteiger partial charge is 0.183 e. The summed E-state index contributed by atoms with van der Waals surface area (Å²) < 4.78 is 1.27. The molecule has 1 N–H and O–H groups in total. The fourth-order valence-electron chi connectivity index (χ4n) is 2.07. The number of rotatable bonds is 4. The first-order chi connectivity index (χ1) is 8.04. The fourth-order valence-corrected chi connectivity index (χ4v) is 3.15. The van der Waals surface area contributed by atoms with Gasteiger partial charge in [-0.1, -0.05) is 31.3 Å². The molecule has 1 aromatic carbocycles. The Kier molecular flexibility index (Phi) is 3.67. The third kappa shape index (κ3) is 3.19. The summed E-state index contributed by atoms with van der Waals surface area (Å²) in [6, 6.07) is 6.89. The van der Waals surface area contributed by atoms with Gasteiger partial charge in [0.05, 0.1) is 10.2 Å². The second-order valence-electron chi connectivity index (χ2n) is 5.17. The molecule has 1 heterocycles.